The molecule has 5 N–H and O–H groups in total. The van der Waals surface area contributed by atoms with Gasteiger partial charge in [0.1, 0.15) is 23.9 Å². The van der Waals surface area contributed by atoms with Gasteiger partial charge in [-0.3, -0.25) is 19.1 Å². The fourth-order valence-corrected chi connectivity index (χ4v) is 3.65. The van der Waals surface area contributed by atoms with Gasteiger partial charge in [-0.15, -0.1) is 0 Å². The molecule has 1 amide bonds. The smallest absolute Gasteiger partial charge is 0.280 e. The third-order valence-corrected chi connectivity index (χ3v) is 5.13. The second-order valence-corrected chi connectivity index (χ2v) is 6.92. The normalized spacial score (nSPS) is 32.3. The van der Waals surface area contributed by atoms with Crippen LogP contribution in [0.1, 0.15) is 12.6 Å². The van der Waals surface area contributed by atoms with Crippen molar-refractivity contribution in [2.45, 2.75) is 36.6 Å². The number of nitrogens with two attached hydrogens (primary N) is 1. The first-order valence-corrected chi connectivity index (χ1v) is 8.33. The molecule has 4 heterocycles. The summed E-state index contributed by atoms with van der Waals surface area (Å²) in [7, 11) is 3.21. The van der Waals surface area contributed by atoms with Crippen LogP contribution in [0.25, 0.3) is 11.2 Å². The Morgan fingerprint density at radius 3 is 2.93 bits per heavy atom. The summed E-state index contributed by atoms with van der Waals surface area (Å²) in [5.41, 5.74) is 3.85. The molecule has 0 saturated carbocycles. The van der Waals surface area contributed by atoms with E-state index in [2.05, 4.69) is 15.0 Å². The van der Waals surface area contributed by atoms with Gasteiger partial charge in [0.15, 0.2) is 17.4 Å². The van der Waals surface area contributed by atoms with E-state index in [1.54, 1.807) is 14.1 Å². The van der Waals surface area contributed by atoms with E-state index in [9.17, 15) is 19.8 Å². The first-order chi connectivity index (χ1) is 12.8. The Labute approximate surface area is 152 Å². The fraction of sp³-hybridized carbons (Fsp3) is 0.600. The SMILES string of the molecule is CN(C)C(=O)C[C@H]1O[C@H]2[C@H](n3cnc4c(=O)[nH]c(N)nc43)O[C@]1(CO)[C@H]2O. The van der Waals surface area contributed by atoms with Gasteiger partial charge in [-0.2, -0.15) is 4.98 Å². The van der Waals surface area contributed by atoms with Crippen molar-refractivity contribution >= 4 is 23.0 Å². The second-order valence-electron chi connectivity index (χ2n) is 6.92. The molecule has 2 aromatic rings. The first-order valence-electron chi connectivity index (χ1n) is 8.33. The topological polar surface area (TPSA) is 169 Å². The molecule has 2 aliphatic heterocycles. The van der Waals surface area contributed by atoms with Gasteiger partial charge < -0.3 is 30.3 Å². The highest BCUT2D eigenvalue weighted by Gasteiger charge is 2.67. The van der Waals surface area contributed by atoms with E-state index in [0.29, 0.717) is 0 Å². The number of rotatable bonds is 4. The van der Waals surface area contributed by atoms with Crippen LogP contribution in [-0.2, 0) is 14.3 Å². The van der Waals surface area contributed by atoms with E-state index < -0.39 is 42.3 Å². The number of H-pyrrole nitrogens is 1. The third kappa shape index (κ3) is 2.45. The van der Waals surface area contributed by atoms with Crippen molar-refractivity contribution in [2.75, 3.05) is 26.4 Å². The molecular formula is C15H20N6O6. The number of hydrogen-bond acceptors (Lipinski definition) is 9. The molecule has 146 valence electrons. The molecule has 4 rings (SSSR count). The largest absolute Gasteiger partial charge is 0.393 e. The van der Waals surface area contributed by atoms with Crippen LogP contribution in [0.4, 0.5) is 5.95 Å². The molecule has 2 aliphatic rings. The van der Waals surface area contributed by atoms with Crippen molar-refractivity contribution in [3.05, 3.63) is 16.7 Å². The highest BCUT2D eigenvalue weighted by molar-refractivity contribution is 5.76. The number of fused-ring (bicyclic) bond motifs is 3. The minimum absolute atomic E-state index is 0.0522. The van der Waals surface area contributed by atoms with E-state index in [1.807, 2.05) is 0 Å². The fourth-order valence-electron chi connectivity index (χ4n) is 3.65. The highest BCUT2D eigenvalue weighted by atomic mass is 16.7. The van der Waals surface area contributed by atoms with E-state index in [1.165, 1.54) is 15.8 Å². The summed E-state index contributed by atoms with van der Waals surface area (Å²) in [6.07, 6.45) is -2.48. The lowest BCUT2D eigenvalue weighted by molar-refractivity contribution is -0.223. The summed E-state index contributed by atoms with van der Waals surface area (Å²) < 4.78 is 13.3. The maximum absolute atomic E-state index is 12.0. The highest BCUT2D eigenvalue weighted by Crippen LogP contribution is 2.49. The third-order valence-electron chi connectivity index (χ3n) is 5.13. The Morgan fingerprint density at radius 1 is 1.52 bits per heavy atom. The van der Waals surface area contributed by atoms with Gasteiger partial charge in [0, 0.05) is 14.1 Å². The minimum Gasteiger partial charge on any atom is -0.393 e. The van der Waals surface area contributed by atoms with Crippen molar-refractivity contribution in [1.29, 1.82) is 0 Å². The molecule has 0 unspecified atom stereocenters. The number of nitrogens with zero attached hydrogens (tertiary/aromatic N) is 4. The molecule has 2 aromatic heterocycles. The number of hydrogen-bond donors (Lipinski definition) is 4. The van der Waals surface area contributed by atoms with Gasteiger partial charge in [-0.1, -0.05) is 0 Å². The summed E-state index contributed by atoms with van der Waals surface area (Å²) in [5.74, 6) is -0.313. The predicted molar refractivity (Wildman–Crippen MR) is 90.5 cm³/mol. The molecule has 2 fully saturated rings. The Kier molecular flexibility index (Phi) is 3.96. The van der Waals surface area contributed by atoms with Gasteiger partial charge in [-0.25, -0.2) is 4.98 Å². The molecule has 0 aliphatic carbocycles. The van der Waals surface area contributed by atoms with Crippen LogP contribution >= 0.6 is 0 Å². The summed E-state index contributed by atoms with van der Waals surface area (Å²) in [6.45, 7) is -0.546. The first kappa shape index (κ1) is 17.9. The number of aliphatic hydroxyl groups is 2. The van der Waals surface area contributed by atoms with Gasteiger partial charge in [0.2, 0.25) is 11.9 Å². The van der Waals surface area contributed by atoms with E-state index in [4.69, 9.17) is 15.2 Å². The quantitative estimate of drug-likeness (QED) is 0.450. The van der Waals surface area contributed by atoms with E-state index in [-0.39, 0.29) is 29.4 Å². The number of aromatic amines is 1. The lowest BCUT2D eigenvalue weighted by Gasteiger charge is -2.36. The molecule has 2 bridgehead atoms. The summed E-state index contributed by atoms with van der Waals surface area (Å²) in [4.78, 5) is 35.8. The predicted octanol–water partition coefficient (Wildman–Crippen LogP) is -2.43. The van der Waals surface area contributed by atoms with Crippen LogP contribution in [0, 0.1) is 0 Å². The standard InChI is InChI=1S/C15H20N6O6/c1-20(2)7(23)3-6-15(4-22)10(24)9(26-6)13(27-15)21-5-17-8-11(21)18-14(16)19-12(8)25/h5-6,9-10,13,22,24H,3-4H2,1-2H3,(H3,16,18,19,25)/t6-,9-,10+,13-,15+/m1/s1. The van der Waals surface area contributed by atoms with Crippen LogP contribution in [0.3, 0.4) is 0 Å². The van der Waals surface area contributed by atoms with Gasteiger partial charge in [0.05, 0.1) is 19.4 Å². The van der Waals surface area contributed by atoms with Crippen LogP contribution in [-0.4, -0.2) is 85.2 Å². The molecule has 0 spiro atoms. The Morgan fingerprint density at radius 2 is 2.26 bits per heavy atom. The second kappa shape index (κ2) is 5.99. The number of anilines is 1. The monoisotopic (exact) mass is 380 g/mol. The molecule has 0 aromatic carbocycles. The van der Waals surface area contributed by atoms with Gasteiger partial charge in [-0.05, 0) is 0 Å². The number of imidazole rings is 1. The number of aliphatic hydroxyl groups excluding tert-OH is 2. The zero-order valence-corrected chi connectivity index (χ0v) is 14.7. The molecule has 12 heteroatoms. The van der Waals surface area contributed by atoms with Crippen LogP contribution in [0.2, 0.25) is 0 Å². The summed E-state index contributed by atoms with van der Waals surface area (Å²) in [5, 5.41) is 20.6. The molecule has 0 radical (unpaired) electrons. The Hall–Kier alpha value is -2.54. The van der Waals surface area contributed by atoms with Crippen molar-refractivity contribution in [3.63, 3.8) is 0 Å². The number of ether oxygens (including phenoxy) is 2. The van der Waals surface area contributed by atoms with Crippen LogP contribution in [0.5, 0.6) is 0 Å². The zero-order valence-electron chi connectivity index (χ0n) is 14.7. The molecule has 5 atom stereocenters. The lowest BCUT2D eigenvalue weighted by Crippen LogP contribution is -2.52. The minimum atomic E-state index is -1.47. The Bertz CT molecular complexity index is 956. The van der Waals surface area contributed by atoms with Crippen LogP contribution < -0.4 is 11.3 Å². The zero-order chi connectivity index (χ0) is 19.5. The average Bonchev–Trinajstić information content (AvgIpc) is 3.23. The number of carbonyl (C=O) groups excluding carboxylic acids is 1. The van der Waals surface area contributed by atoms with Gasteiger partial charge in [0.25, 0.3) is 5.56 Å². The van der Waals surface area contributed by atoms with E-state index in [0.717, 1.165) is 0 Å². The molecular weight excluding hydrogens is 360 g/mol. The van der Waals surface area contributed by atoms with Crippen molar-refractivity contribution < 1.29 is 24.5 Å². The van der Waals surface area contributed by atoms with Gasteiger partial charge >= 0.3 is 0 Å². The lowest BCUT2D eigenvalue weighted by atomic mass is 9.91. The summed E-state index contributed by atoms with van der Waals surface area (Å²) >= 11 is 0. The number of nitrogen functional groups attached to an aromatic ring is 1. The number of amides is 1. The van der Waals surface area contributed by atoms with Crippen LogP contribution in [0.15, 0.2) is 11.1 Å². The van der Waals surface area contributed by atoms with Crippen molar-refractivity contribution in [1.82, 2.24) is 24.4 Å². The maximum atomic E-state index is 12.0. The molecule has 27 heavy (non-hydrogen) atoms. The maximum Gasteiger partial charge on any atom is 0.280 e. The Balaban J connectivity index is 1.70. The van der Waals surface area contributed by atoms with Crippen molar-refractivity contribution in [3.8, 4) is 0 Å². The number of nitrogens with one attached hydrogen (secondary N) is 1. The molecule has 2 saturated heterocycles. The van der Waals surface area contributed by atoms with E-state index >= 15 is 0 Å². The number of carbonyl (C=O) groups is 1. The average molecular weight is 380 g/mol. The summed E-state index contributed by atoms with van der Waals surface area (Å²) in [6, 6.07) is 0. The number of aromatic nitrogens is 4. The molecule has 12 nitrogen and oxygen atoms in total. The van der Waals surface area contributed by atoms with Crippen molar-refractivity contribution in [2.24, 2.45) is 0 Å².